The van der Waals surface area contributed by atoms with Crippen molar-refractivity contribution in [2.24, 2.45) is 11.5 Å². The third kappa shape index (κ3) is 2.91. The Labute approximate surface area is 99.8 Å². The van der Waals surface area contributed by atoms with Crippen molar-refractivity contribution >= 4 is 11.7 Å². The van der Waals surface area contributed by atoms with Crippen LogP contribution in [0.3, 0.4) is 0 Å². The Kier molecular flexibility index (Phi) is 3.53. The molecule has 0 saturated heterocycles. The summed E-state index contributed by atoms with van der Waals surface area (Å²) >= 11 is 0. The Balaban J connectivity index is 2.00. The van der Waals surface area contributed by atoms with Crippen LogP contribution in [0, 0.1) is 0 Å². The molecule has 1 aliphatic rings. The first kappa shape index (κ1) is 11.8. The van der Waals surface area contributed by atoms with Gasteiger partial charge in [0.2, 0.25) is 0 Å². The third-order valence-corrected chi connectivity index (χ3v) is 3.07. The number of carbonyl (C=O) groups excluding carboxylic acids is 1. The molecule has 6 heteroatoms. The summed E-state index contributed by atoms with van der Waals surface area (Å²) in [6, 6.07) is 3.65. The number of hydrogen-bond donors (Lipinski definition) is 3. The molecule has 92 valence electrons. The zero-order valence-electron chi connectivity index (χ0n) is 9.60. The lowest BCUT2D eigenvalue weighted by Gasteiger charge is -2.29. The minimum atomic E-state index is -0.571. The SMILES string of the molecule is NC(=O)c1ccc(NC2CCCCC2N)nn1. The van der Waals surface area contributed by atoms with E-state index >= 15 is 0 Å². The van der Waals surface area contributed by atoms with E-state index < -0.39 is 5.91 Å². The van der Waals surface area contributed by atoms with Crippen LogP contribution in [0.4, 0.5) is 5.82 Å². The molecule has 2 unspecified atom stereocenters. The maximum absolute atomic E-state index is 10.8. The fourth-order valence-corrected chi connectivity index (χ4v) is 2.07. The highest BCUT2D eigenvalue weighted by Gasteiger charge is 2.21. The number of primary amides is 1. The third-order valence-electron chi connectivity index (χ3n) is 3.07. The quantitative estimate of drug-likeness (QED) is 0.696. The summed E-state index contributed by atoms with van der Waals surface area (Å²) < 4.78 is 0. The van der Waals surface area contributed by atoms with Crippen molar-refractivity contribution in [3.63, 3.8) is 0 Å². The monoisotopic (exact) mass is 235 g/mol. The van der Waals surface area contributed by atoms with Gasteiger partial charge in [0.25, 0.3) is 5.91 Å². The minimum absolute atomic E-state index is 0.154. The second kappa shape index (κ2) is 5.09. The van der Waals surface area contributed by atoms with Crippen LogP contribution in [-0.2, 0) is 0 Å². The lowest BCUT2D eigenvalue weighted by molar-refractivity contribution is 0.0994. The highest BCUT2D eigenvalue weighted by molar-refractivity contribution is 5.90. The van der Waals surface area contributed by atoms with Crippen molar-refractivity contribution in [1.29, 1.82) is 0 Å². The van der Waals surface area contributed by atoms with E-state index in [1.54, 1.807) is 12.1 Å². The maximum Gasteiger partial charge on any atom is 0.269 e. The fourth-order valence-electron chi connectivity index (χ4n) is 2.07. The summed E-state index contributed by atoms with van der Waals surface area (Å²) in [6.45, 7) is 0. The van der Waals surface area contributed by atoms with E-state index in [9.17, 15) is 4.79 Å². The van der Waals surface area contributed by atoms with Gasteiger partial charge in [0.15, 0.2) is 5.69 Å². The first-order chi connectivity index (χ1) is 8.16. The molecule has 1 aliphatic carbocycles. The van der Waals surface area contributed by atoms with Crippen molar-refractivity contribution in [2.75, 3.05) is 5.32 Å². The van der Waals surface area contributed by atoms with Gasteiger partial charge >= 0.3 is 0 Å². The van der Waals surface area contributed by atoms with E-state index in [0.29, 0.717) is 5.82 Å². The molecular formula is C11H17N5O. The van der Waals surface area contributed by atoms with Gasteiger partial charge in [-0.3, -0.25) is 4.79 Å². The number of carbonyl (C=O) groups is 1. The molecule has 0 spiro atoms. The van der Waals surface area contributed by atoms with Crippen LogP contribution < -0.4 is 16.8 Å². The first-order valence-corrected chi connectivity index (χ1v) is 5.82. The van der Waals surface area contributed by atoms with Crippen molar-refractivity contribution in [3.05, 3.63) is 17.8 Å². The van der Waals surface area contributed by atoms with Crippen LogP contribution in [0.1, 0.15) is 36.2 Å². The second-order valence-electron chi connectivity index (χ2n) is 4.37. The summed E-state index contributed by atoms with van der Waals surface area (Å²) in [5.41, 5.74) is 11.3. The molecule has 1 aromatic heterocycles. The van der Waals surface area contributed by atoms with E-state index in [1.807, 2.05) is 0 Å². The summed E-state index contributed by atoms with van der Waals surface area (Å²) in [7, 11) is 0. The molecule has 1 heterocycles. The molecule has 1 aromatic rings. The van der Waals surface area contributed by atoms with E-state index in [0.717, 1.165) is 12.8 Å². The standard InChI is InChI=1S/C11H17N5O/c12-7-3-1-2-4-8(7)14-10-6-5-9(11(13)17)15-16-10/h5-8H,1-4,12H2,(H2,13,17)(H,14,16). The summed E-state index contributed by atoms with van der Waals surface area (Å²) in [5, 5.41) is 10.9. The normalized spacial score (nSPS) is 24.3. The van der Waals surface area contributed by atoms with Gasteiger partial charge in [0.1, 0.15) is 5.82 Å². The Morgan fingerprint density at radius 2 is 2.06 bits per heavy atom. The van der Waals surface area contributed by atoms with E-state index in [1.165, 1.54) is 12.8 Å². The van der Waals surface area contributed by atoms with E-state index in [-0.39, 0.29) is 17.8 Å². The zero-order valence-corrected chi connectivity index (χ0v) is 9.60. The number of amides is 1. The van der Waals surface area contributed by atoms with Crippen LogP contribution >= 0.6 is 0 Å². The number of nitrogens with zero attached hydrogens (tertiary/aromatic N) is 2. The topological polar surface area (TPSA) is 107 Å². The maximum atomic E-state index is 10.8. The van der Waals surface area contributed by atoms with Gasteiger partial charge in [-0.25, -0.2) is 0 Å². The molecule has 0 bridgehead atoms. The predicted octanol–water partition coefficient (Wildman–Crippen LogP) is 0.257. The molecule has 0 aromatic carbocycles. The van der Waals surface area contributed by atoms with Gasteiger partial charge in [0.05, 0.1) is 0 Å². The fraction of sp³-hybridized carbons (Fsp3) is 0.545. The van der Waals surface area contributed by atoms with Gasteiger partial charge in [-0.05, 0) is 25.0 Å². The average molecular weight is 235 g/mol. The minimum Gasteiger partial charge on any atom is -0.364 e. The zero-order chi connectivity index (χ0) is 12.3. The van der Waals surface area contributed by atoms with Crippen LogP contribution in [0.15, 0.2) is 12.1 Å². The second-order valence-corrected chi connectivity index (χ2v) is 4.37. The number of anilines is 1. The van der Waals surface area contributed by atoms with Gasteiger partial charge in [-0.2, -0.15) is 0 Å². The summed E-state index contributed by atoms with van der Waals surface area (Å²) in [5.74, 6) is 0.0655. The van der Waals surface area contributed by atoms with Crippen LogP contribution in [0.2, 0.25) is 0 Å². The lowest BCUT2D eigenvalue weighted by Crippen LogP contribution is -2.42. The highest BCUT2D eigenvalue weighted by Crippen LogP contribution is 2.19. The van der Waals surface area contributed by atoms with Gasteiger partial charge < -0.3 is 16.8 Å². The number of rotatable bonds is 3. The Morgan fingerprint density at radius 1 is 1.29 bits per heavy atom. The molecule has 17 heavy (non-hydrogen) atoms. The lowest BCUT2D eigenvalue weighted by atomic mass is 9.91. The molecule has 0 radical (unpaired) electrons. The predicted molar refractivity (Wildman–Crippen MR) is 64.4 cm³/mol. The van der Waals surface area contributed by atoms with Gasteiger partial charge in [-0.15, -0.1) is 10.2 Å². The van der Waals surface area contributed by atoms with Crippen LogP contribution in [-0.4, -0.2) is 28.2 Å². The van der Waals surface area contributed by atoms with Gasteiger partial charge in [-0.1, -0.05) is 12.8 Å². The van der Waals surface area contributed by atoms with Crippen molar-refractivity contribution in [1.82, 2.24) is 10.2 Å². The van der Waals surface area contributed by atoms with E-state index in [2.05, 4.69) is 15.5 Å². The molecule has 5 N–H and O–H groups in total. The summed E-state index contributed by atoms with van der Waals surface area (Å²) in [4.78, 5) is 10.8. The van der Waals surface area contributed by atoms with Crippen LogP contribution in [0.25, 0.3) is 0 Å². The molecule has 2 rings (SSSR count). The molecule has 0 aliphatic heterocycles. The molecule has 6 nitrogen and oxygen atoms in total. The number of nitrogens with one attached hydrogen (secondary N) is 1. The average Bonchev–Trinajstić information content (AvgIpc) is 2.33. The van der Waals surface area contributed by atoms with Crippen molar-refractivity contribution < 1.29 is 4.79 Å². The van der Waals surface area contributed by atoms with Gasteiger partial charge in [0, 0.05) is 12.1 Å². The summed E-state index contributed by atoms with van der Waals surface area (Å²) in [6.07, 6.45) is 4.44. The Hall–Kier alpha value is -1.69. The molecular weight excluding hydrogens is 218 g/mol. The molecule has 1 amide bonds. The van der Waals surface area contributed by atoms with E-state index in [4.69, 9.17) is 11.5 Å². The van der Waals surface area contributed by atoms with Crippen molar-refractivity contribution in [2.45, 2.75) is 37.8 Å². The van der Waals surface area contributed by atoms with Crippen molar-refractivity contribution in [3.8, 4) is 0 Å². The highest BCUT2D eigenvalue weighted by atomic mass is 16.1. The first-order valence-electron chi connectivity index (χ1n) is 5.82. The van der Waals surface area contributed by atoms with Crippen LogP contribution in [0.5, 0.6) is 0 Å². The Morgan fingerprint density at radius 3 is 2.65 bits per heavy atom. The number of nitrogens with two attached hydrogens (primary N) is 2. The smallest absolute Gasteiger partial charge is 0.269 e. The molecule has 1 fully saturated rings. The molecule has 1 saturated carbocycles. The Bertz CT molecular complexity index is 391. The molecule has 2 atom stereocenters. The number of hydrogen-bond acceptors (Lipinski definition) is 5. The number of aromatic nitrogens is 2. The largest absolute Gasteiger partial charge is 0.364 e.